The number of nitrogens with two attached hydrogens (primary N) is 1. The zero-order valence-corrected chi connectivity index (χ0v) is 11.4. The van der Waals surface area contributed by atoms with Gasteiger partial charge in [0.2, 0.25) is 0 Å². The molecule has 0 unspecified atom stereocenters. The summed E-state index contributed by atoms with van der Waals surface area (Å²) in [5.74, 6) is 1.44. The molecule has 0 bridgehead atoms. The van der Waals surface area contributed by atoms with Crippen molar-refractivity contribution in [2.24, 2.45) is 5.92 Å². The Morgan fingerprint density at radius 1 is 1.53 bits per heavy atom. The highest BCUT2D eigenvalue weighted by molar-refractivity contribution is 5.55. The van der Waals surface area contributed by atoms with E-state index in [9.17, 15) is 10.1 Å². The largest absolute Gasteiger partial charge is 0.383 e. The second-order valence-electron chi connectivity index (χ2n) is 5.47. The van der Waals surface area contributed by atoms with E-state index in [1.165, 1.54) is 12.1 Å². The van der Waals surface area contributed by atoms with Gasteiger partial charge in [0.15, 0.2) is 0 Å². The van der Waals surface area contributed by atoms with Gasteiger partial charge in [0.25, 0.3) is 5.69 Å². The Balaban J connectivity index is 2.23. The third-order valence-electron chi connectivity index (χ3n) is 3.26. The van der Waals surface area contributed by atoms with Gasteiger partial charge in [-0.3, -0.25) is 10.1 Å². The van der Waals surface area contributed by atoms with Crippen molar-refractivity contribution in [3.63, 3.8) is 0 Å². The fraction of sp³-hybridized carbons (Fsp3) is 0.615. The Labute approximate surface area is 112 Å². The highest BCUT2D eigenvalue weighted by Crippen LogP contribution is 2.33. The number of aromatic nitrogens is 1. The Bertz CT molecular complexity index is 472. The molecular weight excluding hydrogens is 244 g/mol. The average molecular weight is 264 g/mol. The predicted molar refractivity (Wildman–Crippen MR) is 75.1 cm³/mol. The van der Waals surface area contributed by atoms with E-state index in [2.05, 4.69) is 23.7 Å². The van der Waals surface area contributed by atoms with E-state index < -0.39 is 4.92 Å². The van der Waals surface area contributed by atoms with Crippen LogP contribution in [0.2, 0.25) is 0 Å². The molecule has 1 saturated carbocycles. The van der Waals surface area contributed by atoms with Gasteiger partial charge < -0.3 is 10.6 Å². The SMILES string of the molecule is CC(C)CCN(c1cc([N+](=O)[O-])cc(N)n1)C1CC1. The van der Waals surface area contributed by atoms with E-state index >= 15 is 0 Å². The minimum absolute atomic E-state index is 0.0118. The number of anilines is 2. The highest BCUT2D eigenvalue weighted by atomic mass is 16.6. The summed E-state index contributed by atoms with van der Waals surface area (Å²) in [6, 6.07) is 3.29. The maximum atomic E-state index is 10.9. The summed E-state index contributed by atoms with van der Waals surface area (Å²) in [5, 5.41) is 10.9. The van der Waals surface area contributed by atoms with Crippen molar-refractivity contribution in [3.05, 3.63) is 22.2 Å². The maximum Gasteiger partial charge on any atom is 0.276 e. The molecule has 1 heterocycles. The van der Waals surface area contributed by atoms with Crippen LogP contribution in [0.15, 0.2) is 12.1 Å². The molecule has 2 rings (SSSR count). The summed E-state index contributed by atoms with van der Waals surface area (Å²) in [6.45, 7) is 5.20. The summed E-state index contributed by atoms with van der Waals surface area (Å²) >= 11 is 0. The quantitative estimate of drug-likeness (QED) is 0.630. The van der Waals surface area contributed by atoms with Crippen LogP contribution in [-0.2, 0) is 0 Å². The number of rotatable bonds is 6. The van der Waals surface area contributed by atoms with Gasteiger partial charge >= 0.3 is 0 Å². The topological polar surface area (TPSA) is 85.3 Å². The van der Waals surface area contributed by atoms with Gasteiger partial charge in [0.05, 0.1) is 17.1 Å². The molecule has 1 aromatic heterocycles. The van der Waals surface area contributed by atoms with Crippen molar-refractivity contribution >= 4 is 17.3 Å². The van der Waals surface area contributed by atoms with E-state index in [1.54, 1.807) is 0 Å². The molecule has 1 aliphatic rings. The maximum absolute atomic E-state index is 10.9. The molecule has 19 heavy (non-hydrogen) atoms. The van der Waals surface area contributed by atoms with E-state index in [0.29, 0.717) is 17.8 Å². The molecule has 1 aliphatic carbocycles. The van der Waals surface area contributed by atoms with Crippen LogP contribution in [0.25, 0.3) is 0 Å². The molecule has 1 fully saturated rings. The predicted octanol–water partition coefficient (Wildman–Crippen LogP) is 2.59. The van der Waals surface area contributed by atoms with Gasteiger partial charge in [-0.1, -0.05) is 13.8 Å². The highest BCUT2D eigenvalue weighted by Gasteiger charge is 2.30. The van der Waals surface area contributed by atoms with Crippen LogP contribution in [0.3, 0.4) is 0 Å². The minimum atomic E-state index is -0.422. The molecule has 0 radical (unpaired) electrons. The van der Waals surface area contributed by atoms with Crippen molar-refractivity contribution in [2.75, 3.05) is 17.2 Å². The van der Waals surface area contributed by atoms with Crippen LogP contribution in [0, 0.1) is 16.0 Å². The first-order chi connectivity index (χ1) is 8.97. The van der Waals surface area contributed by atoms with E-state index in [4.69, 9.17) is 5.73 Å². The molecule has 2 N–H and O–H groups in total. The second kappa shape index (κ2) is 5.42. The molecule has 0 spiro atoms. The summed E-state index contributed by atoms with van der Waals surface area (Å²) in [4.78, 5) is 16.9. The molecule has 0 aliphatic heterocycles. The Morgan fingerprint density at radius 3 is 2.74 bits per heavy atom. The van der Waals surface area contributed by atoms with Crippen LogP contribution in [0.5, 0.6) is 0 Å². The molecule has 0 atom stereocenters. The van der Waals surface area contributed by atoms with E-state index in [1.807, 2.05) is 0 Å². The average Bonchev–Trinajstić information content (AvgIpc) is 3.12. The Kier molecular flexibility index (Phi) is 3.87. The van der Waals surface area contributed by atoms with Crippen LogP contribution in [-0.4, -0.2) is 22.5 Å². The fourth-order valence-corrected chi connectivity index (χ4v) is 2.04. The van der Waals surface area contributed by atoms with E-state index in [0.717, 1.165) is 25.8 Å². The molecule has 1 aromatic rings. The fourth-order valence-electron chi connectivity index (χ4n) is 2.04. The lowest BCUT2D eigenvalue weighted by molar-refractivity contribution is -0.384. The third kappa shape index (κ3) is 3.56. The van der Waals surface area contributed by atoms with Crippen molar-refractivity contribution in [3.8, 4) is 0 Å². The molecule has 104 valence electrons. The smallest absolute Gasteiger partial charge is 0.276 e. The molecule has 6 nitrogen and oxygen atoms in total. The van der Waals surface area contributed by atoms with Crippen molar-refractivity contribution < 1.29 is 4.92 Å². The molecule has 0 saturated heterocycles. The first-order valence-corrected chi connectivity index (χ1v) is 6.66. The van der Waals surface area contributed by atoms with Gasteiger partial charge in [-0.25, -0.2) is 4.98 Å². The number of nitrogen functional groups attached to an aromatic ring is 1. The molecule has 0 aromatic carbocycles. The lowest BCUT2D eigenvalue weighted by atomic mass is 10.1. The summed E-state index contributed by atoms with van der Waals surface area (Å²) in [6.07, 6.45) is 3.30. The summed E-state index contributed by atoms with van der Waals surface area (Å²) < 4.78 is 0. The van der Waals surface area contributed by atoms with E-state index in [-0.39, 0.29) is 11.5 Å². The van der Waals surface area contributed by atoms with Gasteiger partial charge in [-0.15, -0.1) is 0 Å². The van der Waals surface area contributed by atoms with Gasteiger partial charge in [-0.05, 0) is 25.2 Å². The number of nitrogens with zero attached hydrogens (tertiary/aromatic N) is 3. The van der Waals surface area contributed by atoms with Crippen LogP contribution in [0.1, 0.15) is 33.1 Å². The molecule has 6 heteroatoms. The summed E-state index contributed by atoms with van der Waals surface area (Å²) in [5.41, 5.74) is 5.68. The Morgan fingerprint density at radius 2 is 2.21 bits per heavy atom. The third-order valence-corrected chi connectivity index (χ3v) is 3.26. The Hall–Kier alpha value is -1.85. The van der Waals surface area contributed by atoms with Crippen LogP contribution in [0.4, 0.5) is 17.3 Å². The second-order valence-corrected chi connectivity index (χ2v) is 5.47. The summed E-state index contributed by atoms with van der Waals surface area (Å²) in [7, 11) is 0. The van der Waals surface area contributed by atoms with Crippen LogP contribution < -0.4 is 10.6 Å². The zero-order chi connectivity index (χ0) is 14.0. The van der Waals surface area contributed by atoms with Crippen LogP contribution >= 0.6 is 0 Å². The molecular formula is C13H20N4O2. The number of hydrogen-bond donors (Lipinski definition) is 1. The number of pyridine rings is 1. The van der Waals surface area contributed by atoms with Gasteiger partial charge in [-0.2, -0.15) is 0 Å². The standard InChI is InChI=1S/C13H20N4O2/c1-9(2)5-6-16(10-3-4-10)13-8-11(17(18)19)7-12(14)15-13/h7-10H,3-6H2,1-2H3,(H2,14,15). The number of hydrogen-bond acceptors (Lipinski definition) is 5. The van der Waals surface area contributed by atoms with Gasteiger partial charge in [0.1, 0.15) is 11.6 Å². The number of nitro groups is 1. The lowest BCUT2D eigenvalue weighted by Crippen LogP contribution is -2.28. The van der Waals surface area contributed by atoms with Crippen molar-refractivity contribution in [1.29, 1.82) is 0 Å². The lowest BCUT2D eigenvalue weighted by Gasteiger charge is -2.24. The first-order valence-electron chi connectivity index (χ1n) is 6.66. The van der Waals surface area contributed by atoms with Gasteiger partial charge in [0, 0.05) is 12.6 Å². The zero-order valence-electron chi connectivity index (χ0n) is 11.4. The van der Waals surface area contributed by atoms with Crippen molar-refractivity contribution in [1.82, 2.24) is 4.98 Å². The molecule has 0 amide bonds. The first kappa shape index (κ1) is 13.6. The van der Waals surface area contributed by atoms with Crippen molar-refractivity contribution in [2.45, 2.75) is 39.2 Å². The minimum Gasteiger partial charge on any atom is -0.383 e. The monoisotopic (exact) mass is 264 g/mol. The normalized spacial score (nSPS) is 14.7.